The van der Waals surface area contributed by atoms with Gasteiger partial charge in [-0.15, -0.1) is 0 Å². The first kappa shape index (κ1) is 16.7. The largest absolute Gasteiger partial charge is 0.326 e. The van der Waals surface area contributed by atoms with Gasteiger partial charge in [0.2, 0.25) is 10.0 Å². The van der Waals surface area contributed by atoms with Gasteiger partial charge in [-0.25, -0.2) is 8.42 Å². The summed E-state index contributed by atoms with van der Waals surface area (Å²) in [7, 11) is -3.51. The normalized spacial score (nSPS) is 27.8. The number of piperidine rings is 1. The molecule has 0 bridgehead atoms. The van der Waals surface area contributed by atoms with E-state index in [4.69, 9.17) is 17.3 Å². The molecule has 1 heterocycles. The highest BCUT2D eigenvalue weighted by Gasteiger charge is 2.37. The summed E-state index contributed by atoms with van der Waals surface area (Å²) in [6, 6.07) is 4.77. The first-order chi connectivity index (χ1) is 9.77. The second kappa shape index (κ2) is 6.24. The fraction of sp³-hybridized carbons (Fsp3) is 0.600. The van der Waals surface area contributed by atoms with Gasteiger partial charge in [-0.05, 0) is 48.9 Å². The van der Waals surface area contributed by atoms with Crippen LogP contribution in [0.5, 0.6) is 0 Å². The predicted octanol–water partition coefficient (Wildman–Crippen LogP) is 2.85. The van der Waals surface area contributed by atoms with Crippen molar-refractivity contribution in [2.24, 2.45) is 17.6 Å². The van der Waals surface area contributed by atoms with Crippen molar-refractivity contribution >= 4 is 21.6 Å². The summed E-state index contributed by atoms with van der Waals surface area (Å²) in [5, 5.41) is 0.505. The molecule has 21 heavy (non-hydrogen) atoms. The average molecular weight is 331 g/mol. The number of hydrogen-bond donors (Lipinski definition) is 1. The topological polar surface area (TPSA) is 63.4 Å². The third-order valence-corrected chi connectivity index (χ3v) is 6.70. The van der Waals surface area contributed by atoms with E-state index in [0.717, 1.165) is 6.42 Å². The molecule has 1 aliphatic rings. The van der Waals surface area contributed by atoms with Gasteiger partial charge in [0.15, 0.2) is 0 Å². The van der Waals surface area contributed by atoms with Crippen LogP contribution in [0.25, 0.3) is 0 Å². The summed E-state index contributed by atoms with van der Waals surface area (Å²) >= 11 is 6.02. The lowest BCUT2D eigenvalue weighted by molar-refractivity contribution is 0.157. The van der Waals surface area contributed by atoms with E-state index >= 15 is 0 Å². The molecule has 1 saturated heterocycles. The Labute approximate surface area is 132 Å². The van der Waals surface area contributed by atoms with E-state index in [1.54, 1.807) is 22.5 Å². The molecule has 0 aromatic heterocycles. The van der Waals surface area contributed by atoms with Crippen molar-refractivity contribution in [2.45, 2.75) is 44.7 Å². The lowest BCUT2D eigenvalue weighted by Gasteiger charge is -2.40. The molecule has 3 atom stereocenters. The van der Waals surface area contributed by atoms with Gasteiger partial charge in [-0.3, -0.25) is 0 Å². The van der Waals surface area contributed by atoms with Gasteiger partial charge < -0.3 is 5.73 Å². The molecule has 118 valence electrons. The monoisotopic (exact) mass is 330 g/mol. The summed E-state index contributed by atoms with van der Waals surface area (Å²) in [6.45, 7) is 6.97. The van der Waals surface area contributed by atoms with Crippen LogP contribution in [0.3, 0.4) is 0 Å². The van der Waals surface area contributed by atoms with Gasteiger partial charge in [-0.1, -0.05) is 25.4 Å². The van der Waals surface area contributed by atoms with Crippen molar-refractivity contribution in [2.75, 3.05) is 6.54 Å². The molecule has 1 aromatic rings. The van der Waals surface area contributed by atoms with Crippen LogP contribution in [0.15, 0.2) is 23.1 Å². The smallest absolute Gasteiger partial charge is 0.243 e. The van der Waals surface area contributed by atoms with Gasteiger partial charge in [-0.2, -0.15) is 4.31 Å². The van der Waals surface area contributed by atoms with Crippen LogP contribution in [-0.4, -0.2) is 25.3 Å². The molecule has 6 heteroatoms. The second-order valence-electron chi connectivity index (χ2n) is 6.09. The van der Waals surface area contributed by atoms with Crippen LogP contribution < -0.4 is 5.73 Å². The number of nitrogens with zero attached hydrogens (tertiary/aromatic N) is 1. The van der Waals surface area contributed by atoms with Crippen LogP contribution in [0.2, 0.25) is 5.02 Å². The number of rotatable bonds is 3. The Hall–Kier alpha value is -0.620. The highest BCUT2D eigenvalue weighted by atomic mass is 35.5. The molecule has 0 radical (unpaired) electrons. The molecule has 2 N–H and O–H groups in total. The minimum absolute atomic E-state index is 0.00297. The van der Waals surface area contributed by atoms with Gasteiger partial charge in [0, 0.05) is 24.2 Å². The molecule has 2 rings (SSSR count). The lowest BCUT2D eigenvalue weighted by Crippen LogP contribution is -2.48. The van der Waals surface area contributed by atoms with Crippen LogP contribution in [0, 0.1) is 11.8 Å². The summed E-state index contributed by atoms with van der Waals surface area (Å²) in [6.07, 6.45) is 1.06. The number of nitrogens with two attached hydrogens (primary N) is 1. The van der Waals surface area contributed by atoms with E-state index in [2.05, 4.69) is 13.8 Å². The zero-order valence-corrected chi connectivity index (χ0v) is 14.3. The molecule has 0 aliphatic carbocycles. The molecule has 1 fully saturated rings. The van der Waals surface area contributed by atoms with E-state index in [1.807, 2.05) is 6.92 Å². The first-order valence-electron chi connectivity index (χ1n) is 7.27. The Morgan fingerprint density at radius 1 is 1.33 bits per heavy atom. The van der Waals surface area contributed by atoms with Gasteiger partial charge in [0.25, 0.3) is 0 Å². The molecule has 0 amide bonds. The van der Waals surface area contributed by atoms with Crippen LogP contribution in [0.1, 0.15) is 32.8 Å². The standard InChI is InChI=1S/C15H23ClN2O2S/c1-10-6-11(2)12(3)18(9-10)21(19,20)14-4-5-15(16)13(7-14)8-17/h4-5,7,10-12H,6,8-9,17H2,1-3H3. The zero-order valence-electron chi connectivity index (χ0n) is 12.7. The second-order valence-corrected chi connectivity index (χ2v) is 8.39. The van der Waals surface area contributed by atoms with Crippen molar-refractivity contribution in [1.82, 2.24) is 4.31 Å². The van der Waals surface area contributed by atoms with Crippen molar-refractivity contribution in [1.29, 1.82) is 0 Å². The molecule has 3 unspecified atom stereocenters. The molecule has 0 saturated carbocycles. The first-order valence-corrected chi connectivity index (χ1v) is 9.09. The zero-order chi connectivity index (χ0) is 15.8. The number of hydrogen-bond acceptors (Lipinski definition) is 3. The van der Waals surface area contributed by atoms with E-state index in [9.17, 15) is 8.42 Å². The molecular formula is C15H23ClN2O2S. The van der Waals surface area contributed by atoms with Crippen molar-refractivity contribution < 1.29 is 8.42 Å². The Balaban J connectivity index is 2.41. The highest BCUT2D eigenvalue weighted by molar-refractivity contribution is 7.89. The summed E-state index contributed by atoms with van der Waals surface area (Å²) in [5.41, 5.74) is 6.28. The fourth-order valence-corrected chi connectivity index (χ4v) is 5.08. The molecule has 0 spiro atoms. The average Bonchev–Trinajstić information content (AvgIpc) is 2.42. The minimum Gasteiger partial charge on any atom is -0.326 e. The molecular weight excluding hydrogens is 308 g/mol. The number of halogens is 1. The maximum Gasteiger partial charge on any atom is 0.243 e. The Kier molecular flexibility index (Phi) is 4.98. The Morgan fingerprint density at radius 2 is 2.00 bits per heavy atom. The molecule has 1 aromatic carbocycles. The van der Waals surface area contributed by atoms with Crippen molar-refractivity contribution in [3.8, 4) is 0 Å². The quantitative estimate of drug-likeness (QED) is 0.926. The van der Waals surface area contributed by atoms with Crippen LogP contribution in [-0.2, 0) is 16.6 Å². The van der Waals surface area contributed by atoms with E-state index in [1.165, 1.54) is 0 Å². The summed E-state index contributed by atoms with van der Waals surface area (Å²) in [4.78, 5) is 0.278. The number of benzene rings is 1. The van der Waals surface area contributed by atoms with Crippen molar-refractivity contribution in [3.63, 3.8) is 0 Å². The van der Waals surface area contributed by atoms with Gasteiger partial charge >= 0.3 is 0 Å². The lowest BCUT2D eigenvalue weighted by atomic mass is 9.88. The Bertz CT molecular complexity index is 618. The van der Waals surface area contributed by atoms with E-state index < -0.39 is 10.0 Å². The summed E-state index contributed by atoms with van der Waals surface area (Å²) in [5.74, 6) is 0.719. The number of sulfonamides is 1. The third kappa shape index (κ3) is 3.26. The third-order valence-electron chi connectivity index (χ3n) is 4.39. The molecule has 4 nitrogen and oxygen atoms in total. The summed E-state index contributed by atoms with van der Waals surface area (Å²) < 4.78 is 27.4. The van der Waals surface area contributed by atoms with E-state index in [0.29, 0.717) is 29.0 Å². The minimum atomic E-state index is -3.51. The van der Waals surface area contributed by atoms with Crippen LogP contribution in [0.4, 0.5) is 0 Å². The van der Waals surface area contributed by atoms with E-state index in [-0.39, 0.29) is 17.5 Å². The maximum atomic E-state index is 12.9. The maximum absolute atomic E-state index is 12.9. The highest BCUT2D eigenvalue weighted by Crippen LogP contribution is 2.32. The molecule has 1 aliphatic heterocycles. The SMILES string of the molecule is CC1CC(C)C(C)N(S(=O)(=O)c2ccc(Cl)c(CN)c2)C1. The van der Waals surface area contributed by atoms with Gasteiger partial charge in [0.05, 0.1) is 4.90 Å². The fourth-order valence-electron chi connectivity index (χ4n) is 2.98. The Morgan fingerprint density at radius 3 is 2.62 bits per heavy atom. The van der Waals surface area contributed by atoms with Crippen molar-refractivity contribution in [3.05, 3.63) is 28.8 Å². The predicted molar refractivity (Wildman–Crippen MR) is 85.6 cm³/mol. The van der Waals surface area contributed by atoms with Crippen LogP contribution >= 0.6 is 11.6 Å². The van der Waals surface area contributed by atoms with Gasteiger partial charge in [0.1, 0.15) is 0 Å².